The van der Waals surface area contributed by atoms with Crippen molar-refractivity contribution in [2.45, 2.75) is 38.3 Å². The van der Waals surface area contributed by atoms with Gasteiger partial charge in [0.15, 0.2) is 0 Å². The number of rotatable bonds is 6. The summed E-state index contributed by atoms with van der Waals surface area (Å²) in [5.41, 5.74) is 1.31. The number of benzene rings is 1. The summed E-state index contributed by atoms with van der Waals surface area (Å²) in [6.45, 7) is 4.68. The first-order valence-corrected chi connectivity index (χ1v) is 7.93. The number of piperidine rings is 1. The molecule has 1 aliphatic carbocycles. The lowest BCUT2D eigenvalue weighted by Gasteiger charge is -2.32. The molecule has 1 aromatic carbocycles. The third-order valence-corrected chi connectivity index (χ3v) is 4.57. The molecule has 20 heavy (non-hydrogen) atoms. The molecule has 3 rings (SSSR count). The summed E-state index contributed by atoms with van der Waals surface area (Å²) in [6.07, 6.45) is 5.45. The minimum Gasteiger partial charge on any atom is -0.496 e. The summed E-state index contributed by atoms with van der Waals surface area (Å²) in [6, 6.07) is 9.23. The molecule has 0 radical (unpaired) electrons. The van der Waals surface area contributed by atoms with Crippen molar-refractivity contribution in [2.75, 3.05) is 26.7 Å². The number of ether oxygens (including phenoxy) is 1. The number of likely N-dealkylation sites (tertiary alicyclic amines) is 1. The van der Waals surface area contributed by atoms with Crippen molar-refractivity contribution in [3.63, 3.8) is 0 Å². The molecule has 0 atom stereocenters. The zero-order valence-corrected chi connectivity index (χ0v) is 12.5. The summed E-state index contributed by atoms with van der Waals surface area (Å²) >= 11 is 0. The lowest BCUT2D eigenvalue weighted by molar-refractivity contribution is 0.173. The van der Waals surface area contributed by atoms with Gasteiger partial charge in [-0.1, -0.05) is 18.2 Å². The highest BCUT2D eigenvalue weighted by Crippen LogP contribution is 2.24. The Hall–Kier alpha value is -1.06. The molecule has 1 aromatic rings. The van der Waals surface area contributed by atoms with Crippen molar-refractivity contribution in [3.8, 4) is 5.75 Å². The first kappa shape index (κ1) is 13.9. The van der Waals surface area contributed by atoms with Gasteiger partial charge in [0, 0.05) is 18.2 Å². The molecule has 1 saturated carbocycles. The molecular weight excluding hydrogens is 248 g/mol. The molecule has 1 saturated heterocycles. The monoisotopic (exact) mass is 274 g/mol. The van der Waals surface area contributed by atoms with Crippen LogP contribution in [-0.2, 0) is 6.54 Å². The molecule has 0 amide bonds. The lowest BCUT2D eigenvalue weighted by Crippen LogP contribution is -2.37. The normalized spacial score (nSPS) is 21.1. The molecule has 3 nitrogen and oxygen atoms in total. The van der Waals surface area contributed by atoms with E-state index in [9.17, 15) is 0 Å². The standard InChI is InChI=1S/C17H26N2O/c1-20-17-5-3-2-4-15(17)13-19-10-8-14(9-11-19)12-18-16-6-7-16/h2-5,14,16,18H,6-13H2,1H3. The molecule has 1 aliphatic heterocycles. The van der Waals surface area contributed by atoms with Crippen LogP contribution in [0, 0.1) is 5.92 Å². The zero-order valence-electron chi connectivity index (χ0n) is 12.5. The Morgan fingerprint density at radius 1 is 1.15 bits per heavy atom. The molecule has 2 aliphatic rings. The minimum atomic E-state index is 0.849. The van der Waals surface area contributed by atoms with E-state index in [1.807, 2.05) is 6.07 Å². The summed E-state index contributed by atoms with van der Waals surface area (Å²) in [5, 5.41) is 3.67. The predicted molar refractivity (Wildman–Crippen MR) is 82.0 cm³/mol. The number of methoxy groups -OCH3 is 1. The number of para-hydroxylation sites is 1. The van der Waals surface area contributed by atoms with Crippen LogP contribution in [0.5, 0.6) is 5.75 Å². The third-order valence-electron chi connectivity index (χ3n) is 4.57. The van der Waals surface area contributed by atoms with Gasteiger partial charge in [0.25, 0.3) is 0 Å². The van der Waals surface area contributed by atoms with Crippen LogP contribution in [0.2, 0.25) is 0 Å². The summed E-state index contributed by atoms with van der Waals surface area (Å²) < 4.78 is 5.44. The number of hydrogen-bond donors (Lipinski definition) is 1. The van der Waals surface area contributed by atoms with Crippen LogP contribution in [0.1, 0.15) is 31.2 Å². The molecular formula is C17H26N2O. The fraction of sp³-hybridized carbons (Fsp3) is 0.647. The number of nitrogens with zero attached hydrogens (tertiary/aromatic N) is 1. The second-order valence-corrected chi connectivity index (χ2v) is 6.21. The van der Waals surface area contributed by atoms with E-state index in [0.29, 0.717) is 0 Å². The van der Waals surface area contributed by atoms with Gasteiger partial charge in [-0.25, -0.2) is 0 Å². The fourth-order valence-electron chi connectivity index (χ4n) is 3.04. The van der Waals surface area contributed by atoms with Crippen molar-refractivity contribution in [1.29, 1.82) is 0 Å². The maximum Gasteiger partial charge on any atom is 0.123 e. The maximum absolute atomic E-state index is 5.44. The Kier molecular flexibility index (Phi) is 4.58. The van der Waals surface area contributed by atoms with Gasteiger partial charge in [-0.05, 0) is 57.3 Å². The Morgan fingerprint density at radius 3 is 2.60 bits per heavy atom. The first-order chi connectivity index (χ1) is 9.85. The molecule has 0 unspecified atom stereocenters. The summed E-state index contributed by atoms with van der Waals surface area (Å²) in [5.74, 6) is 1.90. The molecule has 110 valence electrons. The summed E-state index contributed by atoms with van der Waals surface area (Å²) in [7, 11) is 1.76. The largest absolute Gasteiger partial charge is 0.496 e. The van der Waals surface area contributed by atoms with E-state index < -0.39 is 0 Å². The highest BCUT2D eigenvalue weighted by molar-refractivity contribution is 5.33. The topological polar surface area (TPSA) is 24.5 Å². The van der Waals surface area contributed by atoms with Crippen LogP contribution >= 0.6 is 0 Å². The van der Waals surface area contributed by atoms with E-state index in [-0.39, 0.29) is 0 Å². The third kappa shape index (κ3) is 3.74. The molecule has 0 aromatic heterocycles. The van der Waals surface area contributed by atoms with E-state index in [1.54, 1.807) is 7.11 Å². The first-order valence-electron chi connectivity index (χ1n) is 7.93. The number of hydrogen-bond acceptors (Lipinski definition) is 3. The van der Waals surface area contributed by atoms with Crippen LogP contribution in [0.15, 0.2) is 24.3 Å². The quantitative estimate of drug-likeness (QED) is 0.863. The van der Waals surface area contributed by atoms with E-state index in [1.165, 1.54) is 50.9 Å². The van der Waals surface area contributed by atoms with Crippen molar-refractivity contribution in [1.82, 2.24) is 10.2 Å². The minimum absolute atomic E-state index is 0.849. The maximum atomic E-state index is 5.44. The highest BCUT2D eigenvalue weighted by atomic mass is 16.5. The average molecular weight is 274 g/mol. The van der Waals surface area contributed by atoms with Gasteiger partial charge < -0.3 is 10.1 Å². The SMILES string of the molecule is COc1ccccc1CN1CCC(CNC2CC2)CC1. The van der Waals surface area contributed by atoms with E-state index >= 15 is 0 Å². The Morgan fingerprint density at radius 2 is 1.90 bits per heavy atom. The molecule has 0 bridgehead atoms. The van der Waals surface area contributed by atoms with Gasteiger partial charge >= 0.3 is 0 Å². The molecule has 1 heterocycles. The van der Waals surface area contributed by atoms with Crippen LogP contribution < -0.4 is 10.1 Å². The fourth-order valence-corrected chi connectivity index (χ4v) is 3.04. The van der Waals surface area contributed by atoms with Crippen LogP contribution in [0.3, 0.4) is 0 Å². The number of nitrogens with one attached hydrogen (secondary N) is 1. The van der Waals surface area contributed by atoms with E-state index in [2.05, 4.69) is 28.4 Å². The van der Waals surface area contributed by atoms with Gasteiger partial charge in [-0.2, -0.15) is 0 Å². The highest BCUT2D eigenvalue weighted by Gasteiger charge is 2.24. The molecule has 0 spiro atoms. The van der Waals surface area contributed by atoms with Gasteiger partial charge in [-0.15, -0.1) is 0 Å². The molecule has 3 heteroatoms. The van der Waals surface area contributed by atoms with Gasteiger partial charge in [0.1, 0.15) is 5.75 Å². The molecule has 1 N–H and O–H groups in total. The average Bonchev–Trinajstić information content (AvgIpc) is 3.31. The van der Waals surface area contributed by atoms with Crippen molar-refractivity contribution < 1.29 is 4.74 Å². The van der Waals surface area contributed by atoms with Crippen LogP contribution in [0.4, 0.5) is 0 Å². The van der Waals surface area contributed by atoms with Gasteiger partial charge in [-0.3, -0.25) is 4.90 Å². The van der Waals surface area contributed by atoms with Crippen molar-refractivity contribution in [2.24, 2.45) is 5.92 Å². The van der Waals surface area contributed by atoms with Crippen molar-refractivity contribution >= 4 is 0 Å². The zero-order chi connectivity index (χ0) is 13.8. The van der Waals surface area contributed by atoms with E-state index in [0.717, 1.165) is 24.3 Å². The Bertz CT molecular complexity index is 423. The van der Waals surface area contributed by atoms with Crippen LogP contribution in [-0.4, -0.2) is 37.7 Å². The van der Waals surface area contributed by atoms with Crippen LogP contribution in [0.25, 0.3) is 0 Å². The van der Waals surface area contributed by atoms with Gasteiger partial charge in [0.2, 0.25) is 0 Å². The lowest BCUT2D eigenvalue weighted by atomic mass is 9.96. The second-order valence-electron chi connectivity index (χ2n) is 6.21. The summed E-state index contributed by atoms with van der Waals surface area (Å²) in [4.78, 5) is 2.56. The Labute approximate surface area is 122 Å². The second kappa shape index (κ2) is 6.59. The Balaban J connectivity index is 1.45. The van der Waals surface area contributed by atoms with Crippen molar-refractivity contribution in [3.05, 3.63) is 29.8 Å². The predicted octanol–water partition coefficient (Wildman–Crippen LogP) is 2.66. The van der Waals surface area contributed by atoms with Gasteiger partial charge in [0.05, 0.1) is 7.11 Å². The smallest absolute Gasteiger partial charge is 0.123 e. The van der Waals surface area contributed by atoms with E-state index in [4.69, 9.17) is 4.74 Å². The molecule has 2 fully saturated rings.